The molecule has 4 nitrogen and oxygen atoms in total. The van der Waals surface area contributed by atoms with Gasteiger partial charge in [0.05, 0.1) is 0 Å². The standard InChI is InChI=1S/C10H17NO3S/c1-5-6(2)8-3-7(5)4-9(8)10(12)11-15(13)14/h5-9H,3-4H2,1-2H3,(H,11,12)(H,13,14). The molecule has 0 spiro atoms. The number of hydrogen-bond acceptors (Lipinski definition) is 2. The summed E-state index contributed by atoms with van der Waals surface area (Å²) in [6.45, 7) is 4.43. The summed E-state index contributed by atoms with van der Waals surface area (Å²) in [4.78, 5) is 11.6. The summed E-state index contributed by atoms with van der Waals surface area (Å²) >= 11 is -2.21. The highest BCUT2D eigenvalue weighted by Gasteiger charge is 2.51. The minimum Gasteiger partial charge on any atom is -0.289 e. The van der Waals surface area contributed by atoms with Gasteiger partial charge in [0.25, 0.3) is 11.3 Å². The van der Waals surface area contributed by atoms with Crippen LogP contribution in [0.25, 0.3) is 0 Å². The lowest BCUT2D eigenvalue weighted by molar-refractivity contribution is -0.125. The number of rotatable bonds is 2. The van der Waals surface area contributed by atoms with E-state index in [-0.39, 0.29) is 11.8 Å². The second-order valence-electron chi connectivity index (χ2n) is 4.94. The summed E-state index contributed by atoms with van der Waals surface area (Å²) in [6, 6.07) is 0. The number of hydrogen-bond donors (Lipinski definition) is 2. The maximum atomic E-state index is 11.6. The molecule has 2 N–H and O–H groups in total. The van der Waals surface area contributed by atoms with Crippen LogP contribution in [0.4, 0.5) is 0 Å². The molecule has 2 fully saturated rings. The van der Waals surface area contributed by atoms with E-state index in [0.29, 0.717) is 23.7 Å². The molecule has 15 heavy (non-hydrogen) atoms. The van der Waals surface area contributed by atoms with Gasteiger partial charge in [0, 0.05) is 5.92 Å². The van der Waals surface area contributed by atoms with Crippen LogP contribution in [-0.2, 0) is 16.1 Å². The van der Waals surface area contributed by atoms with Crippen molar-refractivity contribution in [3.8, 4) is 0 Å². The van der Waals surface area contributed by atoms with Crippen LogP contribution in [-0.4, -0.2) is 14.7 Å². The number of carbonyl (C=O) groups excluding carboxylic acids is 1. The molecular formula is C10H17NO3S. The van der Waals surface area contributed by atoms with Crippen LogP contribution in [0.2, 0.25) is 0 Å². The van der Waals surface area contributed by atoms with E-state index in [2.05, 4.69) is 18.6 Å². The van der Waals surface area contributed by atoms with Gasteiger partial charge in [0.2, 0.25) is 5.91 Å². The van der Waals surface area contributed by atoms with Crippen LogP contribution in [0.1, 0.15) is 26.7 Å². The molecule has 0 heterocycles. The van der Waals surface area contributed by atoms with E-state index < -0.39 is 11.3 Å². The van der Waals surface area contributed by atoms with E-state index in [1.165, 1.54) is 0 Å². The summed E-state index contributed by atoms with van der Waals surface area (Å²) < 4.78 is 21.2. The second-order valence-corrected chi connectivity index (χ2v) is 5.64. The fourth-order valence-corrected chi connectivity index (χ4v) is 3.73. The largest absolute Gasteiger partial charge is 0.289 e. The Hall–Kier alpha value is -0.420. The van der Waals surface area contributed by atoms with Gasteiger partial charge in [-0.05, 0) is 36.5 Å². The summed E-state index contributed by atoms with van der Waals surface area (Å²) in [7, 11) is 0. The molecule has 0 aromatic rings. The van der Waals surface area contributed by atoms with Crippen LogP contribution in [0.3, 0.4) is 0 Å². The molecule has 5 heteroatoms. The molecule has 2 bridgehead atoms. The number of fused-ring (bicyclic) bond motifs is 2. The molecule has 0 saturated heterocycles. The van der Waals surface area contributed by atoms with E-state index >= 15 is 0 Å². The summed E-state index contributed by atoms with van der Waals surface area (Å²) in [5.41, 5.74) is 0. The lowest BCUT2D eigenvalue weighted by Crippen LogP contribution is -2.38. The Kier molecular flexibility index (Phi) is 2.85. The Bertz CT molecular complexity index is 305. The fraction of sp³-hybridized carbons (Fsp3) is 0.900. The quantitative estimate of drug-likeness (QED) is 0.701. The third-order valence-electron chi connectivity index (χ3n) is 4.42. The van der Waals surface area contributed by atoms with Gasteiger partial charge in [-0.3, -0.25) is 14.1 Å². The van der Waals surface area contributed by atoms with Gasteiger partial charge < -0.3 is 0 Å². The van der Waals surface area contributed by atoms with Gasteiger partial charge in [-0.1, -0.05) is 13.8 Å². The Morgan fingerprint density at radius 2 is 2.00 bits per heavy atom. The van der Waals surface area contributed by atoms with Gasteiger partial charge in [0.1, 0.15) is 0 Å². The first kappa shape index (κ1) is 11.1. The van der Waals surface area contributed by atoms with Crippen LogP contribution in [0.15, 0.2) is 0 Å². The lowest BCUT2D eigenvalue weighted by atomic mass is 9.75. The molecule has 6 atom stereocenters. The van der Waals surface area contributed by atoms with Crippen molar-refractivity contribution in [2.45, 2.75) is 26.7 Å². The fourth-order valence-electron chi connectivity index (χ4n) is 3.40. The van der Waals surface area contributed by atoms with Crippen molar-refractivity contribution < 1.29 is 13.6 Å². The van der Waals surface area contributed by atoms with Gasteiger partial charge in [0.15, 0.2) is 0 Å². The Labute approximate surface area is 92.2 Å². The zero-order valence-electron chi connectivity index (χ0n) is 8.97. The van der Waals surface area contributed by atoms with Crippen molar-refractivity contribution >= 4 is 17.2 Å². The number of amides is 1. The van der Waals surface area contributed by atoms with Crippen LogP contribution < -0.4 is 4.72 Å². The Morgan fingerprint density at radius 1 is 1.33 bits per heavy atom. The van der Waals surface area contributed by atoms with E-state index in [1.807, 2.05) is 0 Å². The van der Waals surface area contributed by atoms with Gasteiger partial charge in [-0.25, -0.2) is 4.21 Å². The average molecular weight is 231 g/mol. The minimum absolute atomic E-state index is 0.0442. The Morgan fingerprint density at radius 3 is 2.47 bits per heavy atom. The molecule has 0 radical (unpaired) electrons. The topological polar surface area (TPSA) is 66.4 Å². The molecule has 1 amide bonds. The van der Waals surface area contributed by atoms with E-state index in [1.54, 1.807) is 0 Å². The van der Waals surface area contributed by atoms with Crippen molar-refractivity contribution in [1.82, 2.24) is 4.72 Å². The van der Waals surface area contributed by atoms with Crippen molar-refractivity contribution in [2.24, 2.45) is 29.6 Å². The molecule has 2 aliphatic carbocycles. The molecular weight excluding hydrogens is 214 g/mol. The third kappa shape index (κ3) is 1.83. The molecule has 6 unspecified atom stereocenters. The first-order valence-corrected chi connectivity index (χ1v) is 6.52. The van der Waals surface area contributed by atoms with E-state index in [9.17, 15) is 9.00 Å². The van der Waals surface area contributed by atoms with E-state index in [0.717, 1.165) is 12.8 Å². The third-order valence-corrected chi connectivity index (χ3v) is 4.80. The summed E-state index contributed by atoms with van der Waals surface area (Å²) in [5, 5.41) is 0. The molecule has 0 aliphatic heterocycles. The molecule has 0 aromatic heterocycles. The lowest BCUT2D eigenvalue weighted by Gasteiger charge is -2.30. The van der Waals surface area contributed by atoms with E-state index in [4.69, 9.17) is 4.55 Å². The molecule has 2 saturated carbocycles. The SMILES string of the molecule is CC1C2CC(C(=O)NS(=O)O)C(C2)C1C. The maximum absolute atomic E-state index is 11.6. The van der Waals surface area contributed by atoms with Crippen LogP contribution >= 0.6 is 0 Å². The normalized spacial score (nSPS) is 45.4. The second kappa shape index (κ2) is 3.87. The summed E-state index contributed by atoms with van der Waals surface area (Å²) in [6.07, 6.45) is 2.00. The number of nitrogens with one attached hydrogen (secondary N) is 1. The van der Waals surface area contributed by atoms with Crippen molar-refractivity contribution in [3.05, 3.63) is 0 Å². The van der Waals surface area contributed by atoms with Gasteiger partial charge in [-0.15, -0.1) is 0 Å². The highest BCUT2D eigenvalue weighted by atomic mass is 32.2. The first-order valence-electron chi connectivity index (χ1n) is 5.42. The zero-order valence-corrected chi connectivity index (χ0v) is 9.79. The maximum Gasteiger partial charge on any atom is 0.261 e. The molecule has 2 aliphatic rings. The molecule has 2 rings (SSSR count). The monoisotopic (exact) mass is 231 g/mol. The van der Waals surface area contributed by atoms with Crippen molar-refractivity contribution in [3.63, 3.8) is 0 Å². The predicted molar refractivity (Wildman–Crippen MR) is 56.9 cm³/mol. The molecule has 0 aromatic carbocycles. The van der Waals surface area contributed by atoms with Crippen LogP contribution in [0, 0.1) is 29.6 Å². The van der Waals surface area contributed by atoms with Crippen LogP contribution in [0.5, 0.6) is 0 Å². The van der Waals surface area contributed by atoms with Gasteiger partial charge >= 0.3 is 0 Å². The zero-order chi connectivity index (χ0) is 11.2. The highest BCUT2D eigenvalue weighted by molar-refractivity contribution is 7.77. The smallest absolute Gasteiger partial charge is 0.261 e. The molecule has 86 valence electrons. The summed E-state index contributed by atoms with van der Waals surface area (Å²) in [5.74, 6) is 2.01. The van der Waals surface area contributed by atoms with Gasteiger partial charge in [-0.2, -0.15) is 0 Å². The minimum atomic E-state index is -2.21. The Balaban J connectivity index is 2.03. The van der Waals surface area contributed by atoms with Crippen molar-refractivity contribution in [1.29, 1.82) is 0 Å². The first-order chi connectivity index (χ1) is 7.00. The number of carbonyl (C=O) groups is 1. The van der Waals surface area contributed by atoms with Crippen molar-refractivity contribution in [2.75, 3.05) is 0 Å². The predicted octanol–water partition coefficient (Wildman–Crippen LogP) is 1.17. The highest BCUT2D eigenvalue weighted by Crippen LogP contribution is 2.54. The average Bonchev–Trinajstić information content (AvgIpc) is 2.67.